The Morgan fingerprint density at radius 1 is 1.30 bits per heavy atom. The van der Waals surface area contributed by atoms with E-state index in [1.165, 1.54) is 30.1 Å². The fraction of sp³-hybridized carbons (Fsp3) is 0.167. The van der Waals surface area contributed by atoms with E-state index >= 15 is 0 Å². The molecule has 106 valence electrons. The van der Waals surface area contributed by atoms with E-state index in [2.05, 4.69) is 9.72 Å². The van der Waals surface area contributed by atoms with Crippen molar-refractivity contribution in [2.45, 2.75) is 4.90 Å². The zero-order chi connectivity index (χ0) is 14.9. The fourth-order valence-corrected chi connectivity index (χ4v) is 2.30. The second-order valence-corrected chi connectivity index (χ2v) is 6.12. The van der Waals surface area contributed by atoms with Crippen molar-refractivity contribution in [1.29, 1.82) is 0 Å². The fourth-order valence-electron chi connectivity index (χ4n) is 1.67. The van der Waals surface area contributed by atoms with E-state index in [9.17, 15) is 13.2 Å². The Morgan fingerprint density at radius 2 is 1.90 bits per heavy atom. The highest BCUT2D eigenvalue weighted by Crippen LogP contribution is 2.19. The minimum absolute atomic E-state index is 0.0136. The molecule has 0 radical (unpaired) electrons. The van der Waals surface area contributed by atoms with Gasteiger partial charge in [-0.05, 0) is 24.3 Å². The first-order valence-corrected chi connectivity index (χ1v) is 7.45. The summed E-state index contributed by atoms with van der Waals surface area (Å²) in [5.74, 6) is -0.502. The molecule has 0 aliphatic heterocycles. The standard InChI is InChI=1S/C12H13N3O4S/c1-19-12(16)10-11(13)15(7-14-10)8-3-5-9(6-4-8)20(2,17)18/h3-7H,13H2,1-2H3. The van der Waals surface area contributed by atoms with Gasteiger partial charge < -0.3 is 10.5 Å². The molecule has 0 aliphatic carbocycles. The van der Waals surface area contributed by atoms with Gasteiger partial charge in [0.1, 0.15) is 12.1 Å². The summed E-state index contributed by atoms with van der Waals surface area (Å²) < 4.78 is 28.8. The average molecular weight is 295 g/mol. The van der Waals surface area contributed by atoms with E-state index in [0.717, 1.165) is 6.26 Å². The molecule has 0 spiro atoms. The summed E-state index contributed by atoms with van der Waals surface area (Å²) >= 11 is 0. The lowest BCUT2D eigenvalue weighted by Crippen LogP contribution is -2.07. The van der Waals surface area contributed by atoms with Gasteiger partial charge in [-0.15, -0.1) is 0 Å². The van der Waals surface area contributed by atoms with Gasteiger partial charge in [0.2, 0.25) is 0 Å². The number of ether oxygens (including phenoxy) is 1. The van der Waals surface area contributed by atoms with Crippen LogP contribution in [0.4, 0.5) is 5.82 Å². The molecule has 0 bridgehead atoms. The summed E-state index contributed by atoms with van der Waals surface area (Å²) in [4.78, 5) is 15.5. The molecule has 2 N–H and O–H groups in total. The molecule has 2 aromatic rings. The minimum atomic E-state index is -3.25. The lowest BCUT2D eigenvalue weighted by molar-refractivity contribution is 0.0596. The Morgan fingerprint density at radius 3 is 2.40 bits per heavy atom. The number of sulfone groups is 1. The third-order valence-corrected chi connectivity index (χ3v) is 3.85. The number of nitrogen functional groups attached to an aromatic ring is 1. The molecule has 0 saturated heterocycles. The van der Waals surface area contributed by atoms with Gasteiger partial charge >= 0.3 is 5.97 Å². The van der Waals surface area contributed by atoms with Crippen molar-refractivity contribution in [3.63, 3.8) is 0 Å². The molecule has 8 heteroatoms. The number of benzene rings is 1. The number of carbonyl (C=O) groups excluding carboxylic acids is 1. The zero-order valence-electron chi connectivity index (χ0n) is 10.9. The quantitative estimate of drug-likeness (QED) is 0.833. The molecule has 0 fully saturated rings. The van der Waals surface area contributed by atoms with E-state index < -0.39 is 15.8 Å². The molecule has 0 aliphatic rings. The Labute approximate surface area is 115 Å². The predicted octanol–water partition coefficient (Wildman–Crippen LogP) is 0.645. The van der Waals surface area contributed by atoms with Crippen molar-refractivity contribution in [3.8, 4) is 5.69 Å². The van der Waals surface area contributed by atoms with Crippen LogP contribution in [-0.4, -0.2) is 37.3 Å². The number of rotatable bonds is 3. The number of aromatic nitrogens is 2. The summed E-state index contributed by atoms with van der Waals surface area (Å²) in [6, 6.07) is 6.08. The van der Waals surface area contributed by atoms with Crippen LogP contribution in [0.5, 0.6) is 0 Å². The third kappa shape index (κ3) is 2.50. The van der Waals surface area contributed by atoms with Crippen LogP contribution in [0, 0.1) is 0 Å². The average Bonchev–Trinajstić information content (AvgIpc) is 2.79. The number of methoxy groups -OCH3 is 1. The van der Waals surface area contributed by atoms with E-state index in [1.807, 2.05) is 0 Å². The van der Waals surface area contributed by atoms with Crippen molar-refractivity contribution >= 4 is 21.6 Å². The maximum absolute atomic E-state index is 11.4. The zero-order valence-corrected chi connectivity index (χ0v) is 11.7. The van der Waals surface area contributed by atoms with Crippen LogP contribution in [0.25, 0.3) is 5.69 Å². The maximum atomic E-state index is 11.4. The number of esters is 1. The number of carbonyl (C=O) groups is 1. The van der Waals surface area contributed by atoms with Gasteiger partial charge in [0.25, 0.3) is 0 Å². The van der Waals surface area contributed by atoms with Crippen LogP contribution in [0.3, 0.4) is 0 Å². The van der Waals surface area contributed by atoms with Crippen LogP contribution in [0.15, 0.2) is 35.5 Å². The number of nitrogens with zero attached hydrogens (tertiary/aromatic N) is 2. The molecule has 1 heterocycles. The summed E-state index contributed by atoms with van der Waals surface area (Å²) in [5.41, 5.74) is 6.43. The monoisotopic (exact) mass is 295 g/mol. The SMILES string of the molecule is COC(=O)c1ncn(-c2ccc(S(C)(=O)=O)cc2)c1N. The number of anilines is 1. The van der Waals surface area contributed by atoms with Crippen molar-refractivity contribution in [2.24, 2.45) is 0 Å². The second kappa shape index (κ2) is 4.97. The lowest BCUT2D eigenvalue weighted by atomic mass is 10.3. The topological polar surface area (TPSA) is 104 Å². The highest BCUT2D eigenvalue weighted by atomic mass is 32.2. The molecule has 0 atom stereocenters. The number of hydrogen-bond donors (Lipinski definition) is 1. The van der Waals surface area contributed by atoms with Crippen LogP contribution < -0.4 is 5.73 Å². The number of nitrogens with two attached hydrogens (primary N) is 1. The van der Waals surface area contributed by atoms with E-state index in [-0.39, 0.29) is 16.4 Å². The molecule has 1 aromatic heterocycles. The van der Waals surface area contributed by atoms with Crippen molar-refractivity contribution in [1.82, 2.24) is 9.55 Å². The van der Waals surface area contributed by atoms with Gasteiger partial charge in [-0.25, -0.2) is 18.2 Å². The molecular weight excluding hydrogens is 282 g/mol. The molecule has 1 aromatic carbocycles. The first kappa shape index (κ1) is 14.1. The number of imidazole rings is 1. The largest absolute Gasteiger partial charge is 0.464 e. The molecule has 0 unspecified atom stereocenters. The molecule has 0 amide bonds. The summed E-state index contributed by atoms with van der Waals surface area (Å²) in [7, 11) is -2.02. The van der Waals surface area contributed by atoms with E-state index in [0.29, 0.717) is 5.69 Å². The summed E-state index contributed by atoms with van der Waals surface area (Å²) in [5, 5.41) is 0. The van der Waals surface area contributed by atoms with E-state index in [4.69, 9.17) is 5.73 Å². The Bertz CT molecular complexity index is 748. The third-order valence-electron chi connectivity index (χ3n) is 2.73. The van der Waals surface area contributed by atoms with Gasteiger partial charge in [0.15, 0.2) is 15.5 Å². The molecule has 0 saturated carbocycles. The molecule has 7 nitrogen and oxygen atoms in total. The Hall–Kier alpha value is -2.35. The highest BCUT2D eigenvalue weighted by Gasteiger charge is 2.17. The molecule has 2 rings (SSSR count). The molecule has 20 heavy (non-hydrogen) atoms. The van der Waals surface area contributed by atoms with Crippen molar-refractivity contribution < 1.29 is 17.9 Å². The Kier molecular flexibility index (Phi) is 3.49. The minimum Gasteiger partial charge on any atom is -0.464 e. The van der Waals surface area contributed by atoms with Crippen LogP contribution >= 0.6 is 0 Å². The van der Waals surface area contributed by atoms with Crippen molar-refractivity contribution in [2.75, 3.05) is 19.1 Å². The summed E-state index contributed by atoms with van der Waals surface area (Å²) in [6.07, 6.45) is 2.50. The lowest BCUT2D eigenvalue weighted by Gasteiger charge is -2.06. The summed E-state index contributed by atoms with van der Waals surface area (Å²) in [6.45, 7) is 0. The van der Waals surface area contributed by atoms with Gasteiger partial charge in [0, 0.05) is 11.9 Å². The van der Waals surface area contributed by atoms with Gasteiger partial charge in [0.05, 0.1) is 12.0 Å². The van der Waals surface area contributed by atoms with Gasteiger partial charge in [-0.2, -0.15) is 0 Å². The predicted molar refractivity (Wildman–Crippen MR) is 72.4 cm³/mol. The van der Waals surface area contributed by atoms with Gasteiger partial charge in [-0.1, -0.05) is 0 Å². The van der Waals surface area contributed by atoms with Crippen molar-refractivity contribution in [3.05, 3.63) is 36.3 Å². The smallest absolute Gasteiger partial charge is 0.360 e. The van der Waals surface area contributed by atoms with Crippen LogP contribution in [0.1, 0.15) is 10.5 Å². The second-order valence-electron chi connectivity index (χ2n) is 4.11. The highest BCUT2D eigenvalue weighted by molar-refractivity contribution is 7.90. The van der Waals surface area contributed by atoms with Crippen LogP contribution in [0.2, 0.25) is 0 Å². The normalized spacial score (nSPS) is 11.3. The van der Waals surface area contributed by atoms with Gasteiger partial charge in [-0.3, -0.25) is 4.57 Å². The number of hydrogen-bond acceptors (Lipinski definition) is 6. The first-order valence-electron chi connectivity index (χ1n) is 5.56. The Balaban J connectivity index is 2.43. The first-order chi connectivity index (χ1) is 9.34. The van der Waals surface area contributed by atoms with E-state index in [1.54, 1.807) is 12.1 Å². The maximum Gasteiger partial charge on any atom is 0.360 e. The molecular formula is C12H13N3O4S. The van der Waals surface area contributed by atoms with Crippen LogP contribution in [-0.2, 0) is 14.6 Å².